The van der Waals surface area contributed by atoms with E-state index in [1.807, 2.05) is 0 Å². The van der Waals surface area contributed by atoms with Crippen LogP contribution >= 0.6 is 0 Å². The van der Waals surface area contributed by atoms with Crippen molar-refractivity contribution in [3.05, 3.63) is 0 Å². The summed E-state index contributed by atoms with van der Waals surface area (Å²) in [6, 6.07) is 0. The monoisotopic (exact) mass is 380 g/mol. The van der Waals surface area contributed by atoms with Crippen molar-refractivity contribution in [1.29, 1.82) is 0 Å². The summed E-state index contributed by atoms with van der Waals surface area (Å²) in [6.07, 6.45) is 2.86. The van der Waals surface area contributed by atoms with Crippen LogP contribution in [0.5, 0.6) is 0 Å². The predicted molar refractivity (Wildman–Crippen MR) is 105 cm³/mol. The molecule has 0 N–H and O–H groups in total. The van der Waals surface area contributed by atoms with Crippen LogP contribution in [-0.2, 0) is 23.1 Å². The van der Waals surface area contributed by atoms with Crippen LogP contribution in [0.2, 0.25) is 39.3 Å². The predicted octanol–water partition coefficient (Wildman–Crippen LogP) is 3.91. The first-order chi connectivity index (χ1) is 11.2. The highest BCUT2D eigenvalue weighted by molar-refractivity contribution is 6.70. The van der Waals surface area contributed by atoms with Crippen molar-refractivity contribution in [3.63, 3.8) is 0 Å². The first kappa shape index (κ1) is 24.2. The molecule has 0 spiro atoms. The van der Waals surface area contributed by atoms with Crippen molar-refractivity contribution < 1.29 is 23.1 Å². The average molecular weight is 381 g/mol. The van der Waals surface area contributed by atoms with Gasteiger partial charge in [-0.2, -0.15) is 0 Å². The number of hydrogen-bond acceptors (Lipinski definition) is 5. The van der Waals surface area contributed by atoms with Crippen LogP contribution in [0.15, 0.2) is 0 Å². The van der Waals surface area contributed by atoms with Gasteiger partial charge < -0.3 is 23.1 Å². The summed E-state index contributed by atoms with van der Waals surface area (Å²) < 4.78 is 28.1. The molecule has 0 heterocycles. The standard InChI is InChI=1S/C17H40O5Si2/c1-23(2,3)21-14-8-12-18-10-7-11-19-16-17-20-13-9-15-22-24(4,5)6/h7-17H2,1-6H3. The Balaban J connectivity index is 3.08. The van der Waals surface area contributed by atoms with Crippen LogP contribution in [0, 0.1) is 0 Å². The van der Waals surface area contributed by atoms with E-state index in [1.54, 1.807) is 0 Å². The van der Waals surface area contributed by atoms with Crippen molar-refractivity contribution in [2.75, 3.05) is 52.9 Å². The molecule has 146 valence electrons. The summed E-state index contributed by atoms with van der Waals surface area (Å²) in [5, 5.41) is 0. The van der Waals surface area contributed by atoms with Gasteiger partial charge in [-0.15, -0.1) is 0 Å². The van der Waals surface area contributed by atoms with E-state index in [1.165, 1.54) is 0 Å². The number of hydrogen-bond donors (Lipinski definition) is 0. The van der Waals surface area contributed by atoms with Crippen LogP contribution < -0.4 is 0 Å². The highest BCUT2D eigenvalue weighted by Gasteiger charge is 2.13. The smallest absolute Gasteiger partial charge is 0.183 e. The van der Waals surface area contributed by atoms with E-state index in [-0.39, 0.29) is 0 Å². The Bertz CT molecular complexity index is 249. The van der Waals surface area contributed by atoms with Gasteiger partial charge in [-0.3, -0.25) is 0 Å². The Hall–Kier alpha value is 0.234. The lowest BCUT2D eigenvalue weighted by Crippen LogP contribution is -2.26. The van der Waals surface area contributed by atoms with Gasteiger partial charge in [0.15, 0.2) is 16.6 Å². The van der Waals surface area contributed by atoms with E-state index in [2.05, 4.69) is 39.3 Å². The van der Waals surface area contributed by atoms with E-state index in [0.717, 1.165) is 58.9 Å². The molecule has 0 aliphatic carbocycles. The Kier molecular flexibility index (Phi) is 14.5. The van der Waals surface area contributed by atoms with Crippen LogP contribution in [0.25, 0.3) is 0 Å². The third kappa shape index (κ3) is 22.2. The van der Waals surface area contributed by atoms with Crippen molar-refractivity contribution in [1.82, 2.24) is 0 Å². The maximum absolute atomic E-state index is 5.77. The first-order valence-electron chi connectivity index (χ1n) is 9.22. The van der Waals surface area contributed by atoms with E-state index < -0.39 is 16.6 Å². The molecule has 0 aromatic heterocycles. The first-order valence-corrected chi connectivity index (χ1v) is 16.0. The van der Waals surface area contributed by atoms with Crippen molar-refractivity contribution in [3.8, 4) is 0 Å². The zero-order chi connectivity index (χ0) is 18.3. The van der Waals surface area contributed by atoms with Gasteiger partial charge in [0.2, 0.25) is 0 Å². The number of ether oxygens (including phenoxy) is 3. The lowest BCUT2D eigenvalue weighted by Gasteiger charge is -2.17. The molecular weight excluding hydrogens is 340 g/mol. The minimum Gasteiger partial charge on any atom is -0.418 e. The Morgan fingerprint density at radius 2 is 0.708 bits per heavy atom. The molecule has 0 atom stereocenters. The normalized spacial score (nSPS) is 12.8. The SMILES string of the molecule is C[Si](C)(C)OCCCOCCCOCCOCCCO[Si](C)(C)C. The van der Waals surface area contributed by atoms with Crippen molar-refractivity contribution in [2.45, 2.75) is 58.5 Å². The molecular formula is C17H40O5Si2. The summed E-state index contributed by atoms with van der Waals surface area (Å²) >= 11 is 0. The second-order valence-electron chi connectivity index (χ2n) is 7.82. The fraction of sp³-hybridized carbons (Fsp3) is 1.00. The van der Waals surface area contributed by atoms with Crippen LogP contribution in [0.4, 0.5) is 0 Å². The summed E-state index contributed by atoms with van der Waals surface area (Å²) in [4.78, 5) is 0. The maximum atomic E-state index is 5.77. The molecule has 0 amide bonds. The van der Waals surface area contributed by atoms with E-state index >= 15 is 0 Å². The molecule has 0 saturated heterocycles. The third-order valence-electron chi connectivity index (χ3n) is 2.89. The summed E-state index contributed by atoms with van der Waals surface area (Å²) in [7, 11) is -2.73. The minimum absolute atomic E-state index is 0.652. The van der Waals surface area contributed by atoms with Gasteiger partial charge in [-0.05, 0) is 58.5 Å². The third-order valence-corrected chi connectivity index (χ3v) is 5.03. The summed E-state index contributed by atoms with van der Waals surface area (Å²) in [5.74, 6) is 0. The van der Waals surface area contributed by atoms with Gasteiger partial charge >= 0.3 is 0 Å². The molecule has 0 radical (unpaired) electrons. The molecule has 0 aliphatic rings. The molecule has 0 rings (SSSR count). The molecule has 0 fully saturated rings. The topological polar surface area (TPSA) is 46.2 Å². The molecule has 24 heavy (non-hydrogen) atoms. The maximum Gasteiger partial charge on any atom is 0.183 e. The van der Waals surface area contributed by atoms with Crippen LogP contribution in [0.1, 0.15) is 19.3 Å². The molecule has 0 saturated carbocycles. The van der Waals surface area contributed by atoms with Gasteiger partial charge in [0.1, 0.15) is 0 Å². The molecule has 0 aromatic rings. The van der Waals surface area contributed by atoms with Gasteiger partial charge in [0, 0.05) is 39.6 Å². The van der Waals surface area contributed by atoms with Crippen LogP contribution in [0.3, 0.4) is 0 Å². The molecule has 0 aromatic carbocycles. The van der Waals surface area contributed by atoms with Gasteiger partial charge in [0.25, 0.3) is 0 Å². The quantitative estimate of drug-likeness (QED) is 0.283. The largest absolute Gasteiger partial charge is 0.418 e. The fourth-order valence-corrected chi connectivity index (χ4v) is 3.28. The second-order valence-corrected chi connectivity index (χ2v) is 16.8. The van der Waals surface area contributed by atoms with E-state index in [9.17, 15) is 0 Å². The molecule has 0 unspecified atom stereocenters. The second kappa shape index (κ2) is 14.4. The minimum atomic E-state index is -1.37. The van der Waals surface area contributed by atoms with Gasteiger partial charge in [-0.1, -0.05) is 0 Å². The summed E-state index contributed by atoms with van der Waals surface area (Å²) in [6.45, 7) is 19.1. The average Bonchev–Trinajstić information content (AvgIpc) is 2.44. The van der Waals surface area contributed by atoms with E-state index in [4.69, 9.17) is 23.1 Å². The number of rotatable bonds is 17. The van der Waals surface area contributed by atoms with Crippen LogP contribution in [-0.4, -0.2) is 69.5 Å². The van der Waals surface area contributed by atoms with E-state index in [0.29, 0.717) is 13.2 Å². The molecule has 7 heteroatoms. The van der Waals surface area contributed by atoms with Gasteiger partial charge in [-0.25, -0.2) is 0 Å². The Morgan fingerprint density at radius 3 is 1.04 bits per heavy atom. The zero-order valence-corrected chi connectivity index (χ0v) is 18.8. The molecule has 0 aliphatic heterocycles. The zero-order valence-electron chi connectivity index (χ0n) is 16.8. The molecule has 5 nitrogen and oxygen atoms in total. The summed E-state index contributed by atoms with van der Waals surface area (Å²) in [5.41, 5.74) is 0. The Morgan fingerprint density at radius 1 is 0.417 bits per heavy atom. The highest BCUT2D eigenvalue weighted by Crippen LogP contribution is 2.03. The highest BCUT2D eigenvalue weighted by atomic mass is 28.4. The van der Waals surface area contributed by atoms with Crippen molar-refractivity contribution >= 4 is 16.6 Å². The Labute approximate surface area is 151 Å². The van der Waals surface area contributed by atoms with Crippen molar-refractivity contribution in [2.24, 2.45) is 0 Å². The lowest BCUT2D eigenvalue weighted by atomic mass is 10.4. The van der Waals surface area contributed by atoms with Gasteiger partial charge in [0.05, 0.1) is 13.2 Å². The fourth-order valence-electron chi connectivity index (χ4n) is 1.77. The lowest BCUT2D eigenvalue weighted by molar-refractivity contribution is 0.0315. The molecule has 0 bridgehead atoms.